The fourth-order valence-corrected chi connectivity index (χ4v) is 4.48. The number of aromatic nitrogens is 2. The zero-order valence-corrected chi connectivity index (χ0v) is 17.9. The van der Waals surface area contributed by atoms with Crippen LogP contribution in [0, 0.1) is 0 Å². The monoisotopic (exact) mass is 379 g/mol. The van der Waals surface area contributed by atoms with E-state index in [1.54, 1.807) is 12.4 Å². The first-order valence-corrected chi connectivity index (χ1v) is 12.2. The van der Waals surface area contributed by atoms with E-state index in [-0.39, 0.29) is 35.8 Å². The summed E-state index contributed by atoms with van der Waals surface area (Å²) in [4.78, 5) is 21.7. The largest absolute Gasteiger partial charge is 0.445 e. The molecule has 0 radical (unpaired) electrons. The summed E-state index contributed by atoms with van der Waals surface area (Å²) in [6.45, 7) is 17.7. The van der Waals surface area contributed by atoms with Crippen molar-refractivity contribution in [1.29, 1.82) is 0 Å². The molecular formula is C19H33N3O3Si. The van der Waals surface area contributed by atoms with Crippen molar-refractivity contribution in [2.75, 3.05) is 13.2 Å². The van der Waals surface area contributed by atoms with Crippen molar-refractivity contribution < 1.29 is 14.0 Å². The number of rotatable bonds is 6. The highest BCUT2D eigenvalue weighted by molar-refractivity contribution is 6.74. The molecule has 1 aliphatic heterocycles. The summed E-state index contributed by atoms with van der Waals surface area (Å²) in [6, 6.07) is 0.0162. The van der Waals surface area contributed by atoms with Crippen LogP contribution in [0.4, 0.5) is 4.79 Å². The van der Waals surface area contributed by atoms with Gasteiger partial charge in [0.05, 0.1) is 12.4 Å². The zero-order chi connectivity index (χ0) is 19.5. The molecule has 0 saturated carbocycles. The van der Waals surface area contributed by atoms with E-state index in [1.165, 1.54) is 0 Å². The Kier molecular flexibility index (Phi) is 6.34. The summed E-state index contributed by atoms with van der Waals surface area (Å²) in [6.07, 6.45) is 5.61. The van der Waals surface area contributed by atoms with Crippen LogP contribution in [0.25, 0.3) is 0 Å². The second-order valence-electron chi connectivity index (χ2n) is 8.62. The van der Waals surface area contributed by atoms with Gasteiger partial charge in [-0.05, 0) is 24.6 Å². The SMILES string of the molecule is C=CCOC(=O)N1C[C@H](O[Si](C)(C)C(C)(C)C)C[C@@H]1C(C)c1cnc[nH]1. The lowest BCUT2D eigenvalue weighted by Crippen LogP contribution is -2.45. The van der Waals surface area contributed by atoms with E-state index >= 15 is 0 Å². The maximum atomic E-state index is 12.6. The minimum atomic E-state index is -1.91. The third-order valence-corrected chi connectivity index (χ3v) is 10.3. The van der Waals surface area contributed by atoms with Crippen molar-refractivity contribution in [3.05, 3.63) is 30.9 Å². The molecule has 1 aromatic heterocycles. The standard InChI is InChI=1S/C19H33N3O3Si/c1-8-9-24-18(23)22-12-15(25-26(6,7)19(3,4)5)10-17(22)14(2)16-11-20-13-21-16/h8,11,13-15,17H,1,9-10,12H2,2-7H3,(H,20,21)/t14?,15-,17-/m1/s1. The van der Waals surface area contributed by atoms with Gasteiger partial charge in [0.15, 0.2) is 8.32 Å². The van der Waals surface area contributed by atoms with Crippen molar-refractivity contribution in [3.63, 3.8) is 0 Å². The lowest BCUT2D eigenvalue weighted by atomic mass is 9.96. The molecule has 1 amide bonds. The average Bonchev–Trinajstić information content (AvgIpc) is 3.20. The van der Waals surface area contributed by atoms with Crippen LogP contribution >= 0.6 is 0 Å². The predicted octanol–water partition coefficient (Wildman–Crippen LogP) is 4.30. The van der Waals surface area contributed by atoms with E-state index in [2.05, 4.69) is 57.3 Å². The van der Waals surface area contributed by atoms with Crippen molar-refractivity contribution in [1.82, 2.24) is 14.9 Å². The third-order valence-electron chi connectivity index (χ3n) is 5.72. The van der Waals surface area contributed by atoms with Crippen molar-refractivity contribution in [2.45, 2.75) is 70.3 Å². The molecule has 1 saturated heterocycles. The number of nitrogens with zero attached hydrogens (tertiary/aromatic N) is 2. The summed E-state index contributed by atoms with van der Waals surface area (Å²) in [5.74, 6) is 0.127. The van der Waals surface area contributed by atoms with Gasteiger partial charge in [0.1, 0.15) is 6.61 Å². The van der Waals surface area contributed by atoms with E-state index in [4.69, 9.17) is 9.16 Å². The molecule has 1 N–H and O–H groups in total. The van der Waals surface area contributed by atoms with Gasteiger partial charge < -0.3 is 19.0 Å². The Bertz CT molecular complexity index is 610. The highest BCUT2D eigenvalue weighted by Crippen LogP contribution is 2.40. The molecule has 0 aliphatic carbocycles. The molecule has 1 aromatic rings. The third kappa shape index (κ3) is 4.56. The normalized spacial score (nSPS) is 22.3. The van der Waals surface area contributed by atoms with Crippen LogP contribution in [0.15, 0.2) is 25.2 Å². The molecule has 0 spiro atoms. The molecule has 1 unspecified atom stereocenters. The summed E-state index contributed by atoms with van der Waals surface area (Å²) in [5, 5.41) is 0.133. The predicted molar refractivity (Wildman–Crippen MR) is 106 cm³/mol. The molecule has 2 heterocycles. The van der Waals surface area contributed by atoms with E-state index in [0.29, 0.717) is 6.54 Å². The minimum Gasteiger partial charge on any atom is -0.445 e. The summed E-state index contributed by atoms with van der Waals surface area (Å²) in [5.41, 5.74) is 1.02. The second-order valence-corrected chi connectivity index (χ2v) is 13.4. The minimum absolute atomic E-state index is 0.0162. The first kappa shape index (κ1) is 20.7. The molecule has 1 fully saturated rings. The van der Waals surface area contributed by atoms with Gasteiger partial charge in [0.2, 0.25) is 0 Å². The number of aromatic amines is 1. The molecule has 3 atom stereocenters. The summed E-state index contributed by atoms with van der Waals surface area (Å²) in [7, 11) is -1.91. The molecule has 6 nitrogen and oxygen atoms in total. The Hall–Kier alpha value is -1.60. The Balaban J connectivity index is 2.17. The van der Waals surface area contributed by atoms with Crippen LogP contribution in [0.3, 0.4) is 0 Å². The quantitative estimate of drug-likeness (QED) is 0.591. The maximum absolute atomic E-state index is 12.6. The molecule has 2 rings (SSSR count). The lowest BCUT2D eigenvalue weighted by Gasteiger charge is -2.38. The van der Waals surface area contributed by atoms with Crippen LogP contribution < -0.4 is 0 Å². The number of H-pyrrole nitrogens is 1. The lowest BCUT2D eigenvalue weighted by molar-refractivity contribution is 0.0996. The fraction of sp³-hybridized carbons (Fsp3) is 0.684. The first-order chi connectivity index (χ1) is 12.1. The summed E-state index contributed by atoms with van der Waals surface area (Å²) >= 11 is 0. The maximum Gasteiger partial charge on any atom is 0.410 e. The van der Waals surface area contributed by atoms with E-state index in [0.717, 1.165) is 12.1 Å². The number of likely N-dealkylation sites (tertiary alicyclic amines) is 1. The van der Waals surface area contributed by atoms with Gasteiger partial charge in [0, 0.05) is 30.4 Å². The van der Waals surface area contributed by atoms with Crippen LogP contribution in [-0.4, -0.2) is 54.6 Å². The Morgan fingerprint density at radius 3 is 2.77 bits per heavy atom. The highest BCUT2D eigenvalue weighted by Gasteiger charge is 2.45. The molecule has 7 heteroatoms. The van der Waals surface area contributed by atoms with E-state index in [9.17, 15) is 4.79 Å². The number of carbonyl (C=O) groups excluding carboxylic acids is 1. The number of amides is 1. The summed E-state index contributed by atoms with van der Waals surface area (Å²) < 4.78 is 11.9. The molecule has 26 heavy (non-hydrogen) atoms. The highest BCUT2D eigenvalue weighted by atomic mass is 28.4. The number of hydrogen-bond acceptors (Lipinski definition) is 4. The van der Waals surface area contributed by atoms with Crippen LogP contribution in [-0.2, 0) is 9.16 Å². The van der Waals surface area contributed by atoms with Crippen LogP contribution in [0.2, 0.25) is 18.1 Å². The number of carbonyl (C=O) groups is 1. The fourth-order valence-electron chi connectivity index (χ4n) is 3.12. The topological polar surface area (TPSA) is 67.4 Å². The van der Waals surface area contributed by atoms with E-state index in [1.807, 2.05) is 11.1 Å². The van der Waals surface area contributed by atoms with Crippen molar-refractivity contribution >= 4 is 14.4 Å². The van der Waals surface area contributed by atoms with E-state index < -0.39 is 8.32 Å². The van der Waals surface area contributed by atoms with Crippen molar-refractivity contribution in [3.8, 4) is 0 Å². The number of imidazole rings is 1. The zero-order valence-electron chi connectivity index (χ0n) is 16.9. The average molecular weight is 380 g/mol. The van der Waals surface area contributed by atoms with Crippen molar-refractivity contribution in [2.24, 2.45) is 0 Å². The van der Waals surface area contributed by atoms with Gasteiger partial charge in [-0.1, -0.05) is 40.3 Å². The number of nitrogens with one attached hydrogen (secondary N) is 1. The molecule has 1 aliphatic rings. The van der Waals surface area contributed by atoms with Gasteiger partial charge in [-0.2, -0.15) is 0 Å². The van der Waals surface area contributed by atoms with Gasteiger partial charge >= 0.3 is 6.09 Å². The molecule has 0 aromatic carbocycles. The molecular weight excluding hydrogens is 346 g/mol. The number of hydrogen-bond donors (Lipinski definition) is 1. The number of ether oxygens (including phenoxy) is 1. The Morgan fingerprint density at radius 2 is 2.23 bits per heavy atom. The Labute approximate surface area is 158 Å². The van der Waals surface area contributed by atoms with Crippen LogP contribution in [0.1, 0.15) is 45.7 Å². The Morgan fingerprint density at radius 1 is 1.54 bits per heavy atom. The first-order valence-electron chi connectivity index (χ1n) is 9.27. The second kappa shape index (κ2) is 7.96. The van der Waals surface area contributed by atoms with Crippen LogP contribution in [0.5, 0.6) is 0 Å². The smallest absolute Gasteiger partial charge is 0.410 e. The molecule has 0 bridgehead atoms. The van der Waals surface area contributed by atoms with Gasteiger partial charge in [-0.3, -0.25) is 0 Å². The van der Waals surface area contributed by atoms with Gasteiger partial charge in [-0.15, -0.1) is 0 Å². The van der Waals surface area contributed by atoms with Gasteiger partial charge in [0.25, 0.3) is 0 Å². The molecule has 146 valence electrons. The van der Waals surface area contributed by atoms with Gasteiger partial charge in [-0.25, -0.2) is 9.78 Å².